The van der Waals surface area contributed by atoms with Gasteiger partial charge in [-0.05, 0) is 37.3 Å². The van der Waals surface area contributed by atoms with Crippen molar-refractivity contribution in [2.45, 2.75) is 25.8 Å². The fourth-order valence-electron chi connectivity index (χ4n) is 3.15. The average Bonchev–Trinajstić information content (AvgIpc) is 2.99. The average molecular weight is 354 g/mol. The second-order valence-electron chi connectivity index (χ2n) is 6.31. The van der Waals surface area contributed by atoms with E-state index in [4.69, 9.17) is 11.6 Å². The normalized spacial score (nSPS) is 22.3. The molecule has 6 heteroatoms. The lowest BCUT2D eigenvalue weighted by Crippen LogP contribution is -2.52. The molecule has 23 heavy (non-hydrogen) atoms. The first kappa shape index (κ1) is 16.8. The quantitative estimate of drug-likeness (QED) is 0.840. The molecule has 2 aliphatic rings. The predicted molar refractivity (Wildman–Crippen MR) is 96.1 cm³/mol. The van der Waals surface area contributed by atoms with Crippen LogP contribution in [0.5, 0.6) is 0 Å². The van der Waals surface area contributed by atoms with Gasteiger partial charge < -0.3 is 10.2 Å². The van der Waals surface area contributed by atoms with Gasteiger partial charge in [-0.25, -0.2) is 4.79 Å². The molecule has 1 unspecified atom stereocenters. The molecule has 3 rings (SSSR count). The summed E-state index contributed by atoms with van der Waals surface area (Å²) in [6.45, 7) is 5.19. The maximum atomic E-state index is 12.3. The van der Waals surface area contributed by atoms with E-state index in [2.05, 4.69) is 28.4 Å². The Morgan fingerprint density at radius 1 is 1.26 bits per heavy atom. The number of hydrogen-bond acceptors (Lipinski definition) is 3. The first-order valence-electron chi connectivity index (χ1n) is 8.35. The summed E-state index contributed by atoms with van der Waals surface area (Å²) in [5, 5.41) is 3.11. The van der Waals surface area contributed by atoms with Crippen molar-refractivity contribution in [3.8, 4) is 0 Å². The summed E-state index contributed by atoms with van der Waals surface area (Å²) in [6, 6.07) is 4.13. The molecular weight excluding hydrogens is 330 g/mol. The van der Waals surface area contributed by atoms with Crippen LogP contribution in [-0.4, -0.2) is 48.6 Å². The van der Waals surface area contributed by atoms with Crippen molar-refractivity contribution >= 4 is 29.0 Å². The molecule has 1 fully saturated rings. The molecule has 1 aromatic rings. The van der Waals surface area contributed by atoms with Crippen LogP contribution >= 0.6 is 22.9 Å². The van der Waals surface area contributed by atoms with Crippen molar-refractivity contribution in [1.29, 1.82) is 0 Å². The Kier molecular flexibility index (Phi) is 5.97. The Morgan fingerprint density at radius 3 is 2.74 bits per heavy atom. The lowest BCUT2D eigenvalue weighted by molar-refractivity contribution is 0.135. The highest BCUT2D eigenvalue weighted by Gasteiger charge is 2.22. The lowest BCUT2D eigenvalue weighted by Gasteiger charge is -2.34. The number of halogens is 1. The Balaban J connectivity index is 1.37. The van der Waals surface area contributed by atoms with Crippen LogP contribution in [-0.2, 0) is 6.54 Å². The van der Waals surface area contributed by atoms with Crippen molar-refractivity contribution < 1.29 is 4.79 Å². The molecule has 0 aromatic carbocycles. The minimum absolute atomic E-state index is 0.0957. The Labute approximate surface area is 147 Å². The number of carbonyl (C=O) groups is 1. The van der Waals surface area contributed by atoms with Crippen molar-refractivity contribution in [3.05, 3.63) is 33.5 Å². The summed E-state index contributed by atoms with van der Waals surface area (Å²) in [5.41, 5.74) is 0. The van der Waals surface area contributed by atoms with Crippen LogP contribution in [0.1, 0.15) is 24.1 Å². The molecule has 1 atom stereocenters. The minimum atomic E-state index is 0.0957. The zero-order chi connectivity index (χ0) is 16.1. The van der Waals surface area contributed by atoms with Crippen LogP contribution in [0.15, 0.2) is 24.3 Å². The Morgan fingerprint density at radius 2 is 2.09 bits per heavy atom. The summed E-state index contributed by atoms with van der Waals surface area (Å²) < 4.78 is 0.843. The molecule has 1 aliphatic heterocycles. The highest BCUT2D eigenvalue weighted by molar-refractivity contribution is 7.16. The van der Waals surface area contributed by atoms with Crippen molar-refractivity contribution in [1.82, 2.24) is 15.1 Å². The SMILES string of the molecule is O=C(NCC1CC=CCC1)N1CCN(Cc2ccc(Cl)s2)CC1. The van der Waals surface area contributed by atoms with E-state index in [-0.39, 0.29) is 6.03 Å². The number of carbonyl (C=O) groups excluding carboxylic acids is 1. The van der Waals surface area contributed by atoms with Gasteiger partial charge in [0.15, 0.2) is 0 Å². The van der Waals surface area contributed by atoms with Crippen LogP contribution in [0.25, 0.3) is 0 Å². The number of urea groups is 1. The van der Waals surface area contributed by atoms with Gasteiger partial charge in [0.2, 0.25) is 0 Å². The molecule has 4 nitrogen and oxygen atoms in total. The third-order valence-corrected chi connectivity index (χ3v) is 5.80. The number of allylic oxidation sites excluding steroid dienone is 2. The summed E-state index contributed by atoms with van der Waals surface area (Å²) in [7, 11) is 0. The smallest absolute Gasteiger partial charge is 0.317 e. The van der Waals surface area contributed by atoms with Gasteiger partial charge in [-0.15, -0.1) is 11.3 Å². The number of piperazine rings is 1. The number of amides is 2. The fourth-order valence-corrected chi connectivity index (χ4v) is 4.28. The number of hydrogen-bond donors (Lipinski definition) is 1. The monoisotopic (exact) mass is 353 g/mol. The molecule has 0 bridgehead atoms. The molecule has 126 valence electrons. The van der Waals surface area contributed by atoms with E-state index in [1.54, 1.807) is 11.3 Å². The summed E-state index contributed by atoms with van der Waals surface area (Å²) in [4.78, 5) is 17.9. The first-order chi connectivity index (χ1) is 11.2. The summed E-state index contributed by atoms with van der Waals surface area (Å²) in [5.74, 6) is 0.605. The Bertz CT molecular complexity index is 552. The maximum Gasteiger partial charge on any atom is 0.317 e. The molecular formula is C17H24ClN3OS. The van der Waals surface area contributed by atoms with Crippen LogP contribution in [0.4, 0.5) is 4.79 Å². The zero-order valence-electron chi connectivity index (χ0n) is 13.3. The van der Waals surface area contributed by atoms with Gasteiger partial charge in [-0.2, -0.15) is 0 Å². The van der Waals surface area contributed by atoms with Gasteiger partial charge in [0.1, 0.15) is 0 Å². The van der Waals surface area contributed by atoms with E-state index in [1.165, 1.54) is 11.3 Å². The maximum absolute atomic E-state index is 12.3. The number of thiophene rings is 1. The van der Waals surface area contributed by atoms with Gasteiger partial charge in [0.25, 0.3) is 0 Å². The van der Waals surface area contributed by atoms with E-state index in [0.717, 1.165) is 56.4 Å². The molecule has 1 saturated heterocycles. The van der Waals surface area contributed by atoms with Gasteiger partial charge in [-0.1, -0.05) is 23.8 Å². The van der Waals surface area contributed by atoms with Crippen LogP contribution in [0.2, 0.25) is 4.34 Å². The molecule has 2 heterocycles. The van der Waals surface area contributed by atoms with E-state index < -0.39 is 0 Å². The van der Waals surface area contributed by atoms with Crippen molar-refractivity contribution in [2.24, 2.45) is 5.92 Å². The Hall–Kier alpha value is -1.04. The van der Waals surface area contributed by atoms with E-state index in [1.807, 2.05) is 11.0 Å². The molecule has 2 amide bonds. The standard InChI is InChI=1S/C17H24ClN3OS/c18-16-7-6-15(23-16)13-20-8-10-21(11-9-20)17(22)19-12-14-4-2-1-3-5-14/h1-2,6-7,14H,3-5,8-13H2,(H,19,22). The largest absolute Gasteiger partial charge is 0.338 e. The van der Waals surface area contributed by atoms with Gasteiger partial charge in [0.05, 0.1) is 4.34 Å². The van der Waals surface area contributed by atoms with Gasteiger partial charge in [-0.3, -0.25) is 4.90 Å². The number of rotatable bonds is 4. The predicted octanol–water partition coefficient (Wildman–Crippen LogP) is 3.59. The number of nitrogens with one attached hydrogen (secondary N) is 1. The van der Waals surface area contributed by atoms with Crippen LogP contribution in [0, 0.1) is 5.92 Å². The topological polar surface area (TPSA) is 35.6 Å². The van der Waals surface area contributed by atoms with Crippen molar-refractivity contribution in [3.63, 3.8) is 0 Å². The van der Waals surface area contributed by atoms with Gasteiger partial charge in [0, 0.05) is 44.1 Å². The first-order valence-corrected chi connectivity index (χ1v) is 9.54. The molecule has 0 radical (unpaired) electrons. The summed E-state index contributed by atoms with van der Waals surface area (Å²) in [6.07, 6.45) is 7.89. The lowest BCUT2D eigenvalue weighted by atomic mass is 9.94. The van der Waals surface area contributed by atoms with E-state index in [0.29, 0.717) is 5.92 Å². The minimum Gasteiger partial charge on any atom is -0.338 e. The fraction of sp³-hybridized carbons (Fsp3) is 0.588. The second kappa shape index (κ2) is 8.18. The highest BCUT2D eigenvalue weighted by Crippen LogP contribution is 2.23. The third-order valence-electron chi connectivity index (χ3n) is 4.59. The number of nitrogens with zero attached hydrogens (tertiary/aromatic N) is 2. The molecule has 1 aromatic heterocycles. The molecule has 0 spiro atoms. The van der Waals surface area contributed by atoms with Crippen LogP contribution in [0.3, 0.4) is 0 Å². The highest BCUT2D eigenvalue weighted by atomic mass is 35.5. The third kappa shape index (κ3) is 4.96. The molecule has 0 saturated carbocycles. The van der Waals surface area contributed by atoms with Crippen molar-refractivity contribution in [2.75, 3.05) is 32.7 Å². The van der Waals surface area contributed by atoms with E-state index >= 15 is 0 Å². The zero-order valence-corrected chi connectivity index (χ0v) is 14.9. The van der Waals surface area contributed by atoms with Gasteiger partial charge >= 0.3 is 6.03 Å². The molecule has 1 aliphatic carbocycles. The molecule has 1 N–H and O–H groups in total. The summed E-state index contributed by atoms with van der Waals surface area (Å²) >= 11 is 7.61. The van der Waals surface area contributed by atoms with Crippen LogP contribution < -0.4 is 5.32 Å². The van der Waals surface area contributed by atoms with E-state index in [9.17, 15) is 4.79 Å². The second-order valence-corrected chi connectivity index (χ2v) is 8.11.